The molecular weight excluding hydrogens is 298 g/mol. The Hall–Kier alpha value is -1.11. The highest BCUT2D eigenvalue weighted by molar-refractivity contribution is 9.10. The lowest BCUT2D eigenvalue weighted by molar-refractivity contribution is -0.131. The van der Waals surface area contributed by atoms with E-state index in [1.807, 2.05) is 6.07 Å². The molecule has 1 amide bonds. The van der Waals surface area contributed by atoms with Gasteiger partial charge in [-0.1, -0.05) is 15.9 Å². The molecule has 5 nitrogen and oxygen atoms in total. The molecule has 1 rings (SSSR count). The van der Waals surface area contributed by atoms with Crippen LogP contribution in [-0.2, 0) is 4.79 Å². The third-order valence-corrected chi connectivity index (χ3v) is 3.13. The smallest absolute Gasteiger partial charge is 0.244 e. The number of likely N-dealkylation sites (N-methyl/N-ethyl adjacent to an activating group) is 1. The van der Waals surface area contributed by atoms with E-state index >= 15 is 0 Å². The van der Waals surface area contributed by atoms with Crippen LogP contribution in [0.4, 0.5) is 0 Å². The van der Waals surface area contributed by atoms with Gasteiger partial charge in [-0.25, -0.2) is 0 Å². The number of carbonyl (C=O) groups excluding carboxylic acids is 1. The molecule has 0 bridgehead atoms. The Kier molecular flexibility index (Phi) is 5.58. The zero-order valence-electron chi connectivity index (χ0n) is 10.5. The van der Waals surface area contributed by atoms with Gasteiger partial charge in [-0.2, -0.15) is 0 Å². The molecule has 1 unspecified atom stereocenters. The third-order valence-electron chi connectivity index (χ3n) is 2.63. The average Bonchev–Trinajstić information content (AvgIpc) is 2.37. The van der Waals surface area contributed by atoms with Crippen LogP contribution < -0.4 is 16.2 Å². The molecule has 0 saturated carbocycles. The van der Waals surface area contributed by atoms with E-state index in [-0.39, 0.29) is 5.91 Å². The highest BCUT2D eigenvalue weighted by Crippen LogP contribution is 2.28. The molecule has 0 aliphatic rings. The summed E-state index contributed by atoms with van der Waals surface area (Å²) in [5.74, 6) is 0.414. The van der Waals surface area contributed by atoms with Crippen LogP contribution in [0.5, 0.6) is 5.75 Å². The molecule has 0 aromatic heterocycles. The van der Waals surface area contributed by atoms with Crippen molar-refractivity contribution in [2.75, 3.05) is 27.2 Å². The number of amides is 1. The van der Waals surface area contributed by atoms with Crippen molar-refractivity contribution in [2.45, 2.75) is 6.04 Å². The number of hydrogen-bond acceptors (Lipinski definition) is 4. The fourth-order valence-corrected chi connectivity index (χ4v) is 2.00. The molecule has 0 aliphatic heterocycles. The third kappa shape index (κ3) is 3.44. The number of benzene rings is 1. The minimum atomic E-state index is -0.756. The molecule has 1 aromatic carbocycles. The Morgan fingerprint density at radius 3 is 2.78 bits per heavy atom. The first-order valence-corrected chi connectivity index (χ1v) is 6.34. The molecule has 0 radical (unpaired) electrons. The van der Waals surface area contributed by atoms with Crippen molar-refractivity contribution in [3.05, 3.63) is 28.2 Å². The summed E-state index contributed by atoms with van der Waals surface area (Å²) in [7, 11) is 3.23. The van der Waals surface area contributed by atoms with Gasteiger partial charge in [-0.3, -0.25) is 4.79 Å². The van der Waals surface area contributed by atoms with Gasteiger partial charge >= 0.3 is 0 Å². The summed E-state index contributed by atoms with van der Waals surface area (Å²) in [6.45, 7) is 0.882. The molecule has 1 aromatic rings. The summed E-state index contributed by atoms with van der Waals surface area (Å²) in [5, 5.41) is 0. The number of nitrogens with zero attached hydrogens (tertiary/aromatic N) is 1. The van der Waals surface area contributed by atoms with Crippen molar-refractivity contribution < 1.29 is 9.53 Å². The topological polar surface area (TPSA) is 81.6 Å². The lowest BCUT2D eigenvalue weighted by atomic mass is 10.1. The lowest BCUT2D eigenvalue weighted by Gasteiger charge is -2.22. The van der Waals surface area contributed by atoms with E-state index in [0.29, 0.717) is 24.4 Å². The second kappa shape index (κ2) is 6.72. The quantitative estimate of drug-likeness (QED) is 0.845. The Morgan fingerprint density at radius 2 is 2.22 bits per heavy atom. The second-order valence-corrected chi connectivity index (χ2v) is 4.83. The largest absolute Gasteiger partial charge is 0.496 e. The lowest BCUT2D eigenvalue weighted by Crippen LogP contribution is -2.38. The van der Waals surface area contributed by atoms with E-state index in [1.54, 1.807) is 26.3 Å². The zero-order valence-corrected chi connectivity index (χ0v) is 12.1. The summed E-state index contributed by atoms with van der Waals surface area (Å²) >= 11 is 3.35. The van der Waals surface area contributed by atoms with E-state index in [2.05, 4.69) is 15.9 Å². The summed E-state index contributed by atoms with van der Waals surface area (Å²) in [4.78, 5) is 13.6. The van der Waals surface area contributed by atoms with E-state index in [1.165, 1.54) is 4.90 Å². The molecule has 18 heavy (non-hydrogen) atoms. The van der Waals surface area contributed by atoms with Crippen LogP contribution in [0.3, 0.4) is 0 Å². The van der Waals surface area contributed by atoms with Crippen LogP contribution in [-0.4, -0.2) is 38.1 Å². The van der Waals surface area contributed by atoms with Crippen LogP contribution in [0.15, 0.2) is 22.7 Å². The number of rotatable bonds is 5. The van der Waals surface area contributed by atoms with Gasteiger partial charge in [0.15, 0.2) is 0 Å². The zero-order chi connectivity index (χ0) is 13.7. The van der Waals surface area contributed by atoms with Gasteiger partial charge in [0.1, 0.15) is 11.8 Å². The molecular formula is C12H18BrN3O2. The summed E-state index contributed by atoms with van der Waals surface area (Å²) in [6.07, 6.45) is 0. The second-order valence-electron chi connectivity index (χ2n) is 3.91. The highest BCUT2D eigenvalue weighted by atomic mass is 79.9. The van der Waals surface area contributed by atoms with Crippen molar-refractivity contribution in [2.24, 2.45) is 11.5 Å². The number of methoxy groups -OCH3 is 1. The minimum absolute atomic E-state index is 0.183. The number of ether oxygens (including phenoxy) is 1. The SMILES string of the molecule is COc1ccc(Br)cc1C(N)C(=O)N(C)CCN. The van der Waals surface area contributed by atoms with Crippen LogP contribution in [0.1, 0.15) is 11.6 Å². The standard InChI is InChI=1S/C12H18BrN3O2/c1-16(6-5-14)12(17)11(15)9-7-8(13)3-4-10(9)18-2/h3-4,7,11H,5-6,14-15H2,1-2H3. The van der Waals surface area contributed by atoms with Gasteiger partial charge in [0.25, 0.3) is 0 Å². The molecule has 6 heteroatoms. The van der Waals surface area contributed by atoms with Gasteiger partial charge in [0, 0.05) is 30.2 Å². The predicted octanol–water partition coefficient (Wildman–Crippen LogP) is 0.875. The van der Waals surface area contributed by atoms with Crippen molar-refractivity contribution in [3.63, 3.8) is 0 Å². The predicted molar refractivity (Wildman–Crippen MR) is 74.3 cm³/mol. The van der Waals surface area contributed by atoms with Gasteiger partial charge < -0.3 is 21.1 Å². The summed E-state index contributed by atoms with van der Waals surface area (Å²) in [6, 6.07) is 4.64. The van der Waals surface area contributed by atoms with Gasteiger partial charge in [-0.15, -0.1) is 0 Å². The van der Waals surface area contributed by atoms with Crippen LogP contribution in [0.25, 0.3) is 0 Å². The van der Waals surface area contributed by atoms with Crippen molar-refractivity contribution >= 4 is 21.8 Å². The van der Waals surface area contributed by atoms with E-state index in [0.717, 1.165) is 4.47 Å². The van der Waals surface area contributed by atoms with Crippen LogP contribution >= 0.6 is 15.9 Å². The van der Waals surface area contributed by atoms with E-state index in [4.69, 9.17) is 16.2 Å². The summed E-state index contributed by atoms with van der Waals surface area (Å²) < 4.78 is 6.07. The molecule has 0 saturated heterocycles. The average molecular weight is 316 g/mol. The molecule has 0 heterocycles. The Bertz CT molecular complexity index is 426. The van der Waals surface area contributed by atoms with Crippen molar-refractivity contribution in [1.29, 1.82) is 0 Å². The van der Waals surface area contributed by atoms with E-state index in [9.17, 15) is 4.79 Å². The maximum absolute atomic E-state index is 12.1. The van der Waals surface area contributed by atoms with E-state index < -0.39 is 6.04 Å². The molecule has 0 spiro atoms. The number of nitrogens with two attached hydrogens (primary N) is 2. The molecule has 100 valence electrons. The first-order valence-electron chi connectivity index (χ1n) is 5.55. The Morgan fingerprint density at radius 1 is 1.56 bits per heavy atom. The monoisotopic (exact) mass is 315 g/mol. The first-order chi connectivity index (χ1) is 8.51. The number of halogens is 1. The highest BCUT2D eigenvalue weighted by Gasteiger charge is 2.22. The maximum atomic E-state index is 12.1. The molecule has 1 atom stereocenters. The first kappa shape index (κ1) is 14.9. The van der Waals surface area contributed by atoms with Gasteiger partial charge in [0.05, 0.1) is 7.11 Å². The fraction of sp³-hybridized carbons (Fsp3) is 0.417. The molecule has 0 fully saturated rings. The van der Waals surface area contributed by atoms with Crippen molar-refractivity contribution in [3.8, 4) is 5.75 Å². The maximum Gasteiger partial charge on any atom is 0.244 e. The molecule has 0 aliphatic carbocycles. The van der Waals surface area contributed by atoms with Crippen LogP contribution in [0, 0.1) is 0 Å². The van der Waals surface area contributed by atoms with Crippen molar-refractivity contribution in [1.82, 2.24) is 4.90 Å². The Balaban J connectivity index is 2.98. The Labute approximate surface area is 115 Å². The molecule has 4 N–H and O–H groups in total. The fourth-order valence-electron chi connectivity index (χ4n) is 1.62. The van der Waals surface area contributed by atoms with Crippen LogP contribution in [0.2, 0.25) is 0 Å². The van der Waals surface area contributed by atoms with Gasteiger partial charge in [-0.05, 0) is 18.2 Å². The summed E-state index contributed by atoms with van der Waals surface area (Å²) in [5.41, 5.74) is 12.1. The number of hydrogen-bond donors (Lipinski definition) is 2. The number of carbonyl (C=O) groups is 1. The van der Waals surface area contributed by atoms with Gasteiger partial charge in [0.2, 0.25) is 5.91 Å². The normalized spacial score (nSPS) is 12.1. The minimum Gasteiger partial charge on any atom is -0.496 e.